The van der Waals surface area contributed by atoms with Gasteiger partial charge in [-0.05, 0) is 69.2 Å². The molecule has 3 heterocycles. The van der Waals surface area contributed by atoms with Crippen LogP contribution in [0, 0.1) is 0 Å². The second-order valence-corrected chi connectivity index (χ2v) is 8.48. The summed E-state index contributed by atoms with van der Waals surface area (Å²) in [6, 6.07) is 16.1. The lowest BCUT2D eigenvalue weighted by Gasteiger charge is -2.32. The fourth-order valence-corrected chi connectivity index (χ4v) is 4.92. The van der Waals surface area contributed by atoms with Gasteiger partial charge in [-0.1, -0.05) is 30.3 Å². The Morgan fingerprint density at radius 1 is 1.10 bits per heavy atom. The number of piperidine rings is 1. The molecule has 1 amide bonds. The zero-order valence-electron chi connectivity index (χ0n) is 16.5. The molecule has 6 heteroatoms. The van der Waals surface area contributed by atoms with E-state index in [0.717, 1.165) is 46.8 Å². The van der Waals surface area contributed by atoms with E-state index in [2.05, 4.69) is 44.2 Å². The fourth-order valence-electron chi connectivity index (χ4n) is 4.31. The zero-order valence-corrected chi connectivity index (χ0v) is 18.1. The summed E-state index contributed by atoms with van der Waals surface area (Å²) in [6.45, 7) is 1.55. The van der Waals surface area contributed by atoms with E-state index in [-0.39, 0.29) is 12.5 Å². The minimum atomic E-state index is 0.0362. The molecular formula is C24H22BrN3O2. The standard InChI is InChI=1S/C24H22BrN3O2/c25-23-18-5-2-1-4-16(18)7-8-21(23)30-15-22(29)28-12-9-17(10-13-28)20-14-27-24-19(20)6-3-11-26-24/h1-8,11,14,17H,9-10,12-13,15H2,(H,26,27). The number of carbonyl (C=O) groups is 1. The van der Waals surface area contributed by atoms with E-state index in [1.807, 2.05) is 41.3 Å². The molecule has 0 unspecified atom stereocenters. The number of aromatic amines is 1. The first-order valence-electron chi connectivity index (χ1n) is 10.2. The number of fused-ring (bicyclic) bond motifs is 2. The van der Waals surface area contributed by atoms with E-state index in [4.69, 9.17) is 4.74 Å². The fraction of sp³-hybridized carbons (Fsp3) is 0.250. The summed E-state index contributed by atoms with van der Waals surface area (Å²) >= 11 is 3.62. The number of carbonyl (C=O) groups excluding carboxylic acids is 1. The largest absolute Gasteiger partial charge is 0.483 e. The van der Waals surface area contributed by atoms with Gasteiger partial charge < -0.3 is 14.6 Å². The van der Waals surface area contributed by atoms with Crippen molar-refractivity contribution in [3.8, 4) is 5.75 Å². The number of pyridine rings is 1. The second-order valence-electron chi connectivity index (χ2n) is 7.69. The summed E-state index contributed by atoms with van der Waals surface area (Å²) in [5, 5.41) is 3.40. The summed E-state index contributed by atoms with van der Waals surface area (Å²) in [6.07, 6.45) is 5.78. The number of H-pyrrole nitrogens is 1. The Morgan fingerprint density at radius 2 is 1.90 bits per heavy atom. The van der Waals surface area contributed by atoms with Crippen molar-refractivity contribution in [2.75, 3.05) is 19.7 Å². The summed E-state index contributed by atoms with van der Waals surface area (Å²) < 4.78 is 6.75. The molecule has 1 saturated heterocycles. The highest BCUT2D eigenvalue weighted by atomic mass is 79.9. The van der Waals surface area contributed by atoms with Crippen LogP contribution in [0.15, 0.2) is 65.4 Å². The molecule has 5 nitrogen and oxygen atoms in total. The van der Waals surface area contributed by atoms with Crippen molar-refractivity contribution in [2.45, 2.75) is 18.8 Å². The molecule has 2 aromatic heterocycles. The monoisotopic (exact) mass is 463 g/mol. The number of rotatable bonds is 4. The van der Waals surface area contributed by atoms with E-state index in [9.17, 15) is 4.79 Å². The van der Waals surface area contributed by atoms with Gasteiger partial charge in [-0.2, -0.15) is 0 Å². The zero-order chi connectivity index (χ0) is 20.5. The number of amides is 1. The van der Waals surface area contributed by atoms with Crippen LogP contribution in [0.4, 0.5) is 0 Å². The molecule has 0 spiro atoms. The van der Waals surface area contributed by atoms with E-state index < -0.39 is 0 Å². The van der Waals surface area contributed by atoms with Gasteiger partial charge in [0.25, 0.3) is 5.91 Å². The number of nitrogens with one attached hydrogen (secondary N) is 1. The van der Waals surface area contributed by atoms with E-state index in [1.165, 1.54) is 10.9 Å². The number of halogens is 1. The summed E-state index contributed by atoms with van der Waals surface area (Å²) in [4.78, 5) is 22.3. The lowest BCUT2D eigenvalue weighted by molar-refractivity contribution is -0.134. The van der Waals surface area contributed by atoms with Crippen molar-refractivity contribution in [1.82, 2.24) is 14.9 Å². The Labute approximate surface area is 183 Å². The van der Waals surface area contributed by atoms with E-state index in [0.29, 0.717) is 11.7 Å². The van der Waals surface area contributed by atoms with Gasteiger partial charge in [0, 0.05) is 30.9 Å². The molecule has 1 fully saturated rings. The van der Waals surface area contributed by atoms with E-state index in [1.54, 1.807) is 6.20 Å². The Morgan fingerprint density at radius 3 is 2.77 bits per heavy atom. The summed E-state index contributed by atoms with van der Waals surface area (Å²) in [5.74, 6) is 1.18. The second kappa shape index (κ2) is 8.11. The van der Waals surface area contributed by atoms with Gasteiger partial charge in [-0.25, -0.2) is 4.98 Å². The van der Waals surface area contributed by atoms with Gasteiger partial charge >= 0.3 is 0 Å². The number of aromatic nitrogens is 2. The van der Waals surface area contributed by atoms with Crippen molar-refractivity contribution < 1.29 is 9.53 Å². The van der Waals surface area contributed by atoms with Gasteiger partial charge in [0.15, 0.2) is 6.61 Å². The van der Waals surface area contributed by atoms with Gasteiger partial charge in [-0.3, -0.25) is 4.79 Å². The average molecular weight is 464 g/mol. The third-order valence-electron chi connectivity index (χ3n) is 5.95. The number of nitrogens with zero attached hydrogens (tertiary/aromatic N) is 2. The van der Waals surface area contributed by atoms with Crippen molar-refractivity contribution in [3.05, 3.63) is 71.0 Å². The molecule has 0 radical (unpaired) electrons. The van der Waals surface area contributed by atoms with Gasteiger partial charge in [0.1, 0.15) is 11.4 Å². The van der Waals surface area contributed by atoms with Crippen LogP contribution < -0.4 is 4.74 Å². The van der Waals surface area contributed by atoms with Crippen molar-refractivity contribution in [3.63, 3.8) is 0 Å². The molecule has 1 aliphatic rings. The minimum Gasteiger partial charge on any atom is -0.483 e. The molecule has 30 heavy (non-hydrogen) atoms. The van der Waals surface area contributed by atoms with E-state index >= 15 is 0 Å². The van der Waals surface area contributed by atoms with Crippen LogP contribution >= 0.6 is 15.9 Å². The highest BCUT2D eigenvalue weighted by molar-refractivity contribution is 9.10. The Balaban J connectivity index is 1.21. The topological polar surface area (TPSA) is 58.2 Å². The maximum absolute atomic E-state index is 12.7. The highest BCUT2D eigenvalue weighted by Gasteiger charge is 2.26. The van der Waals surface area contributed by atoms with Crippen molar-refractivity contribution in [2.24, 2.45) is 0 Å². The van der Waals surface area contributed by atoms with Crippen molar-refractivity contribution >= 4 is 43.6 Å². The minimum absolute atomic E-state index is 0.0362. The maximum Gasteiger partial charge on any atom is 0.260 e. The first-order valence-corrected chi connectivity index (χ1v) is 11.0. The molecular weight excluding hydrogens is 442 g/mol. The van der Waals surface area contributed by atoms with Gasteiger partial charge in [0.05, 0.1) is 4.47 Å². The molecule has 0 atom stereocenters. The predicted molar refractivity (Wildman–Crippen MR) is 122 cm³/mol. The predicted octanol–water partition coefficient (Wildman–Crippen LogP) is 5.26. The lowest BCUT2D eigenvalue weighted by atomic mass is 9.89. The number of ether oxygens (including phenoxy) is 1. The lowest BCUT2D eigenvalue weighted by Crippen LogP contribution is -2.40. The Hall–Kier alpha value is -2.86. The maximum atomic E-state index is 12.7. The third kappa shape index (κ3) is 3.56. The molecule has 0 bridgehead atoms. The average Bonchev–Trinajstić information content (AvgIpc) is 3.23. The van der Waals surface area contributed by atoms with Gasteiger partial charge in [0.2, 0.25) is 0 Å². The van der Waals surface area contributed by atoms with Crippen LogP contribution in [-0.2, 0) is 4.79 Å². The normalized spacial score (nSPS) is 15.0. The Kier molecular flexibility index (Phi) is 5.17. The quantitative estimate of drug-likeness (QED) is 0.448. The van der Waals surface area contributed by atoms with Crippen molar-refractivity contribution in [1.29, 1.82) is 0 Å². The summed E-state index contributed by atoms with van der Waals surface area (Å²) in [5.41, 5.74) is 2.24. The molecule has 0 saturated carbocycles. The van der Waals surface area contributed by atoms with Crippen LogP contribution in [-0.4, -0.2) is 40.5 Å². The number of hydrogen-bond donors (Lipinski definition) is 1. The SMILES string of the molecule is O=C(COc1ccc2ccccc2c1Br)N1CCC(c2c[nH]c3ncccc23)CC1. The molecule has 5 rings (SSSR count). The highest BCUT2D eigenvalue weighted by Crippen LogP contribution is 2.34. The van der Waals surface area contributed by atoms with Crippen LogP contribution in [0.3, 0.4) is 0 Å². The molecule has 1 aliphatic heterocycles. The molecule has 152 valence electrons. The number of benzene rings is 2. The van der Waals surface area contributed by atoms with Crippen LogP contribution in [0.1, 0.15) is 24.3 Å². The molecule has 4 aromatic rings. The molecule has 1 N–H and O–H groups in total. The smallest absolute Gasteiger partial charge is 0.260 e. The third-order valence-corrected chi connectivity index (χ3v) is 6.77. The summed E-state index contributed by atoms with van der Waals surface area (Å²) in [7, 11) is 0. The first-order chi connectivity index (χ1) is 14.7. The number of hydrogen-bond acceptors (Lipinski definition) is 3. The van der Waals surface area contributed by atoms with Crippen LogP contribution in [0.5, 0.6) is 5.75 Å². The molecule has 2 aromatic carbocycles. The van der Waals surface area contributed by atoms with Gasteiger partial charge in [-0.15, -0.1) is 0 Å². The van der Waals surface area contributed by atoms with Crippen LogP contribution in [0.25, 0.3) is 21.8 Å². The molecule has 0 aliphatic carbocycles. The Bertz CT molecular complexity index is 1210. The van der Waals surface area contributed by atoms with Crippen LogP contribution in [0.2, 0.25) is 0 Å². The number of likely N-dealkylation sites (tertiary alicyclic amines) is 1. The first kappa shape index (κ1) is 19.1.